The minimum Gasteiger partial charge on any atom is -0.462 e. The Morgan fingerprint density at radius 2 is 0.541 bits per heavy atom. The summed E-state index contributed by atoms with van der Waals surface area (Å²) in [5.74, 6) is -0.870. The summed E-state index contributed by atoms with van der Waals surface area (Å²) in [6.45, 7) is 6.63. The van der Waals surface area contributed by atoms with E-state index in [0.29, 0.717) is 19.3 Å². The van der Waals surface area contributed by atoms with Gasteiger partial charge in [-0.3, -0.25) is 14.4 Å². The lowest BCUT2D eigenvalue weighted by Gasteiger charge is -2.18. The SMILES string of the molecule is CCCCCCC/C=C\CCCCCCCC(=O)OC(COC(=O)CCCCCCCCCCCC)COC(=O)CCCCCCCCCCC/C=C\CCCCCCCC. The van der Waals surface area contributed by atoms with Crippen LogP contribution >= 0.6 is 0 Å². The lowest BCUT2D eigenvalue weighted by molar-refractivity contribution is -0.167. The van der Waals surface area contributed by atoms with Crippen LogP contribution in [0.15, 0.2) is 24.3 Å². The van der Waals surface area contributed by atoms with E-state index < -0.39 is 6.10 Å². The number of allylic oxidation sites excluding steroid dienone is 4. The zero-order valence-electron chi connectivity index (χ0n) is 40.9. The standard InChI is InChI=1S/C55H102O6/c1-4-7-10-13-16-19-22-24-26-27-28-29-30-32-33-36-39-42-45-48-54(57)60-51-52(50-59-53(56)47-44-41-38-35-21-18-15-12-9-6-3)61-55(58)49-46-43-40-37-34-31-25-23-20-17-14-11-8-5-2/h23-26,52H,4-22,27-51H2,1-3H3/b25-23-,26-24-. The molecular formula is C55H102O6. The van der Waals surface area contributed by atoms with E-state index in [1.54, 1.807) is 0 Å². The molecule has 61 heavy (non-hydrogen) atoms. The number of carbonyl (C=O) groups excluding carboxylic acids is 3. The second-order valence-electron chi connectivity index (χ2n) is 18.1. The molecule has 0 aromatic carbocycles. The van der Waals surface area contributed by atoms with Gasteiger partial charge in [0.25, 0.3) is 0 Å². The van der Waals surface area contributed by atoms with Crippen molar-refractivity contribution in [3.05, 3.63) is 24.3 Å². The van der Waals surface area contributed by atoms with Crippen LogP contribution in [-0.2, 0) is 28.6 Å². The normalized spacial score (nSPS) is 12.1. The number of hydrogen-bond acceptors (Lipinski definition) is 6. The first-order valence-corrected chi connectivity index (χ1v) is 26.8. The molecule has 0 amide bonds. The molecule has 0 radical (unpaired) electrons. The van der Waals surface area contributed by atoms with Gasteiger partial charge in [-0.15, -0.1) is 0 Å². The Bertz CT molecular complexity index is 989. The van der Waals surface area contributed by atoms with Gasteiger partial charge in [-0.05, 0) is 70.6 Å². The molecule has 0 aromatic rings. The van der Waals surface area contributed by atoms with Gasteiger partial charge in [-0.2, -0.15) is 0 Å². The second kappa shape index (κ2) is 50.5. The fourth-order valence-corrected chi connectivity index (χ4v) is 7.84. The van der Waals surface area contributed by atoms with Gasteiger partial charge < -0.3 is 14.2 Å². The quantitative estimate of drug-likeness (QED) is 0.0262. The van der Waals surface area contributed by atoms with Crippen molar-refractivity contribution in [2.24, 2.45) is 0 Å². The summed E-state index contributed by atoms with van der Waals surface area (Å²) in [6, 6.07) is 0. The average molecular weight is 859 g/mol. The van der Waals surface area contributed by atoms with Crippen LogP contribution in [0, 0.1) is 0 Å². The molecule has 6 heteroatoms. The Labute approximate surface area is 379 Å². The molecule has 0 N–H and O–H groups in total. The van der Waals surface area contributed by atoms with Crippen LogP contribution in [0.5, 0.6) is 0 Å². The Morgan fingerprint density at radius 1 is 0.311 bits per heavy atom. The van der Waals surface area contributed by atoms with Crippen LogP contribution < -0.4 is 0 Å². The fraction of sp³-hybridized carbons (Fsp3) is 0.873. The van der Waals surface area contributed by atoms with E-state index >= 15 is 0 Å². The maximum atomic E-state index is 12.8. The van der Waals surface area contributed by atoms with Gasteiger partial charge in [0, 0.05) is 19.3 Å². The van der Waals surface area contributed by atoms with E-state index in [-0.39, 0.29) is 31.1 Å². The molecule has 0 saturated carbocycles. The maximum Gasteiger partial charge on any atom is 0.306 e. The molecule has 0 aliphatic heterocycles. The van der Waals surface area contributed by atoms with E-state index in [2.05, 4.69) is 45.1 Å². The highest BCUT2D eigenvalue weighted by molar-refractivity contribution is 5.71. The van der Waals surface area contributed by atoms with E-state index in [4.69, 9.17) is 14.2 Å². The molecule has 0 rings (SSSR count). The number of rotatable bonds is 49. The predicted octanol–water partition coefficient (Wildman–Crippen LogP) is 17.5. The van der Waals surface area contributed by atoms with Crippen molar-refractivity contribution in [1.82, 2.24) is 0 Å². The Morgan fingerprint density at radius 3 is 0.820 bits per heavy atom. The summed E-state index contributed by atoms with van der Waals surface area (Å²) in [7, 11) is 0. The van der Waals surface area contributed by atoms with Crippen molar-refractivity contribution in [3.63, 3.8) is 0 Å². The summed E-state index contributed by atoms with van der Waals surface area (Å²) in [4.78, 5) is 37.9. The molecular weight excluding hydrogens is 757 g/mol. The van der Waals surface area contributed by atoms with Gasteiger partial charge >= 0.3 is 17.9 Å². The number of ether oxygens (including phenoxy) is 3. The molecule has 0 aliphatic carbocycles. The van der Waals surface area contributed by atoms with Gasteiger partial charge in [-0.25, -0.2) is 0 Å². The minimum absolute atomic E-state index is 0.0716. The van der Waals surface area contributed by atoms with Gasteiger partial charge in [0.2, 0.25) is 0 Å². The van der Waals surface area contributed by atoms with Crippen molar-refractivity contribution >= 4 is 17.9 Å². The highest BCUT2D eigenvalue weighted by Gasteiger charge is 2.19. The van der Waals surface area contributed by atoms with E-state index in [1.165, 1.54) is 186 Å². The van der Waals surface area contributed by atoms with Crippen molar-refractivity contribution in [2.75, 3.05) is 13.2 Å². The number of carbonyl (C=O) groups is 3. The Hall–Kier alpha value is -2.11. The topological polar surface area (TPSA) is 78.9 Å². The van der Waals surface area contributed by atoms with E-state index in [9.17, 15) is 14.4 Å². The summed E-state index contributed by atoms with van der Waals surface area (Å²) < 4.78 is 16.8. The predicted molar refractivity (Wildman–Crippen MR) is 261 cm³/mol. The number of hydrogen-bond donors (Lipinski definition) is 0. The summed E-state index contributed by atoms with van der Waals surface area (Å²) in [6.07, 6.45) is 57.3. The van der Waals surface area contributed by atoms with Crippen molar-refractivity contribution in [2.45, 2.75) is 297 Å². The van der Waals surface area contributed by atoms with Gasteiger partial charge in [0.05, 0.1) is 0 Å². The molecule has 0 bridgehead atoms. The van der Waals surface area contributed by atoms with E-state index in [0.717, 1.165) is 64.2 Å². The van der Waals surface area contributed by atoms with E-state index in [1.807, 2.05) is 0 Å². The lowest BCUT2D eigenvalue weighted by Crippen LogP contribution is -2.30. The fourth-order valence-electron chi connectivity index (χ4n) is 7.84. The first kappa shape index (κ1) is 58.9. The van der Waals surface area contributed by atoms with Crippen molar-refractivity contribution < 1.29 is 28.6 Å². The second-order valence-corrected chi connectivity index (χ2v) is 18.1. The summed E-state index contributed by atoms with van der Waals surface area (Å²) >= 11 is 0. The van der Waals surface area contributed by atoms with Crippen molar-refractivity contribution in [1.29, 1.82) is 0 Å². The zero-order chi connectivity index (χ0) is 44.4. The Balaban J connectivity index is 4.29. The summed E-state index contributed by atoms with van der Waals surface area (Å²) in [5.41, 5.74) is 0. The Kier molecular flexibility index (Phi) is 48.8. The first-order chi connectivity index (χ1) is 30.0. The molecule has 0 heterocycles. The highest BCUT2D eigenvalue weighted by Crippen LogP contribution is 2.15. The van der Waals surface area contributed by atoms with Crippen LogP contribution in [0.3, 0.4) is 0 Å². The lowest BCUT2D eigenvalue weighted by atomic mass is 10.1. The molecule has 0 saturated heterocycles. The molecule has 0 aromatic heterocycles. The third kappa shape index (κ3) is 48.8. The molecule has 0 fully saturated rings. The van der Waals surface area contributed by atoms with Crippen LogP contribution in [0.4, 0.5) is 0 Å². The molecule has 6 nitrogen and oxygen atoms in total. The van der Waals surface area contributed by atoms with Crippen LogP contribution in [0.1, 0.15) is 290 Å². The molecule has 1 unspecified atom stereocenters. The molecule has 358 valence electrons. The molecule has 1 atom stereocenters. The van der Waals surface area contributed by atoms with Crippen LogP contribution in [-0.4, -0.2) is 37.2 Å². The molecule has 0 spiro atoms. The smallest absolute Gasteiger partial charge is 0.306 e. The average Bonchev–Trinajstić information content (AvgIpc) is 3.26. The van der Waals surface area contributed by atoms with Gasteiger partial charge in [-0.1, -0.05) is 225 Å². The van der Waals surface area contributed by atoms with Gasteiger partial charge in [0.1, 0.15) is 13.2 Å². The van der Waals surface area contributed by atoms with Crippen LogP contribution in [0.2, 0.25) is 0 Å². The maximum absolute atomic E-state index is 12.8. The molecule has 0 aliphatic rings. The summed E-state index contributed by atoms with van der Waals surface area (Å²) in [5, 5.41) is 0. The van der Waals surface area contributed by atoms with Crippen molar-refractivity contribution in [3.8, 4) is 0 Å². The third-order valence-corrected chi connectivity index (χ3v) is 11.9. The minimum atomic E-state index is -0.771. The number of unbranched alkanes of at least 4 members (excludes halogenated alkanes) is 34. The van der Waals surface area contributed by atoms with Gasteiger partial charge in [0.15, 0.2) is 6.10 Å². The zero-order valence-corrected chi connectivity index (χ0v) is 40.9. The van der Waals surface area contributed by atoms with Crippen LogP contribution in [0.25, 0.3) is 0 Å². The first-order valence-electron chi connectivity index (χ1n) is 26.8. The monoisotopic (exact) mass is 859 g/mol. The third-order valence-electron chi connectivity index (χ3n) is 11.9. The largest absolute Gasteiger partial charge is 0.462 e. The highest BCUT2D eigenvalue weighted by atomic mass is 16.6. The number of esters is 3.